The molecule has 1 aliphatic rings. The van der Waals surface area contributed by atoms with Crippen molar-refractivity contribution in [3.05, 3.63) is 77.7 Å². The molecule has 4 aromatic rings. The van der Waals surface area contributed by atoms with Crippen LogP contribution in [0.3, 0.4) is 0 Å². The summed E-state index contributed by atoms with van der Waals surface area (Å²) in [5, 5.41) is 20.7. The van der Waals surface area contributed by atoms with E-state index in [1.54, 1.807) is 12.3 Å². The van der Waals surface area contributed by atoms with Gasteiger partial charge in [0.1, 0.15) is 22.8 Å². The van der Waals surface area contributed by atoms with Gasteiger partial charge in [0.15, 0.2) is 5.76 Å². The average Bonchev–Trinajstić information content (AvgIpc) is 3.17. The largest absolute Gasteiger partial charge is 0.508 e. The highest BCUT2D eigenvalue weighted by Gasteiger charge is 2.32. The second-order valence-electron chi connectivity index (χ2n) is 6.83. The van der Waals surface area contributed by atoms with Gasteiger partial charge in [-0.15, -0.1) is 0 Å². The van der Waals surface area contributed by atoms with E-state index < -0.39 is 5.78 Å². The third-order valence-corrected chi connectivity index (χ3v) is 5.07. The smallest absolute Gasteiger partial charge is 0.235 e. The summed E-state index contributed by atoms with van der Waals surface area (Å²) in [6, 6.07) is 16.0. The van der Waals surface area contributed by atoms with Crippen LogP contribution in [0.2, 0.25) is 0 Å². The minimum absolute atomic E-state index is 0.0497. The van der Waals surface area contributed by atoms with Crippen LogP contribution in [-0.2, 0) is 7.05 Å². The normalized spacial score (nSPS) is 14.4. The van der Waals surface area contributed by atoms with Crippen molar-refractivity contribution in [3.8, 4) is 28.6 Å². The topological polar surface area (TPSA) is 84.6 Å². The van der Waals surface area contributed by atoms with Crippen LogP contribution in [0.1, 0.15) is 15.9 Å². The molecule has 1 aliphatic heterocycles. The van der Waals surface area contributed by atoms with Gasteiger partial charge in [0.2, 0.25) is 5.78 Å². The van der Waals surface area contributed by atoms with Gasteiger partial charge >= 0.3 is 0 Å². The molecule has 6 heteroatoms. The lowest BCUT2D eigenvalue weighted by atomic mass is 10.0. The van der Waals surface area contributed by atoms with Crippen LogP contribution in [0.25, 0.3) is 28.4 Å². The number of carbonyl (C=O) groups is 1. The van der Waals surface area contributed by atoms with Gasteiger partial charge in [-0.05, 0) is 24.3 Å². The minimum atomic E-state index is -0.433. The molecule has 2 aromatic heterocycles. The second kappa shape index (κ2) is 6.24. The fourth-order valence-corrected chi connectivity index (χ4v) is 3.79. The first-order valence-corrected chi connectivity index (χ1v) is 9.03. The van der Waals surface area contributed by atoms with E-state index in [1.165, 1.54) is 6.07 Å². The molecule has 5 rings (SSSR count). The number of rotatable bonds is 2. The zero-order valence-electron chi connectivity index (χ0n) is 15.5. The molecular formula is C23H16N2O4. The quantitative estimate of drug-likeness (QED) is 0.504. The van der Waals surface area contributed by atoms with E-state index in [2.05, 4.69) is 4.98 Å². The summed E-state index contributed by atoms with van der Waals surface area (Å²) < 4.78 is 7.72. The average molecular weight is 384 g/mol. The van der Waals surface area contributed by atoms with Crippen LogP contribution in [-0.4, -0.2) is 25.5 Å². The van der Waals surface area contributed by atoms with Gasteiger partial charge < -0.3 is 19.5 Å². The summed E-state index contributed by atoms with van der Waals surface area (Å²) >= 11 is 0. The molecule has 29 heavy (non-hydrogen) atoms. The lowest BCUT2D eigenvalue weighted by Gasteiger charge is -2.06. The van der Waals surface area contributed by atoms with Crippen LogP contribution < -0.4 is 4.74 Å². The van der Waals surface area contributed by atoms with Gasteiger partial charge in [0.25, 0.3) is 0 Å². The summed E-state index contributed by atoms with van der Waals surface area (Å²) in [6.07, 6.45) is 3.39. The number of aromatic nitrogens is 2. The van der Waals surface area contributed by atoms with E-state index in [-0.39, 0.29) is 28.6 Å². The molecule has 0 atom stereocenters. The van der Waals surface area contributed by atoms with Crippen LogP contribution in [0, 0.1) is 0 Å². The molecule has 0 radical (unpaired) electrons. The van der Waals surface area contributed by atoms with Gasteiger partial charge in [-0.25, -0.2) is 0 Å². The SMILES string of the molecule is Cn1c(-c2ccccn2)c(C=C2Oc3cc(O)cc(O)c3C2=O)c2ccccc21. The summed E-state index contributed by atoms with van der Waals surface area (Å²) in [5.74, 6) is -0.698. The Bertz CT molecular complexity index is 1320. The Hall–Kier alpha value is -4.06. The first-order chi connectivity index (χ1) is 14.0. The Labute approximate surface area is 165 Å². The zero-order chi connectivity index (χ0) is 20.1. The molecule has 0 fully saturated rings. The second-order valence-corrected chi connectivity index (χ2v) is 6.83. The van der Waals surface area contributed by atoms with E-state index in [4.69, 9.17) is 4.74 Å². The maximum atomic E-state index is 12.9. The molecule has 0 unspecified atom stereocenters. The number of Topliss-reactive ketones (excluding diaryl/α,β-unsaturated/α-hetero) is 1. The summed E-state index contributed by atoms with van der Waals surface area (Å²) in [7, 11) is 1.95. The molecule has 142 valence electrons. The number of nitrogens with zero attached hydrogens (tertiary/aromatic N) is 2. The Morgan fingerprint density at radius 1 is 1.07 bits per heavy atom. The van der Waals surface area contributed by atoms with Crippen LogP contribution in [0.15, 0.2) is 66.6 Å². The highest BCUT2D eigenvalue weighted by Crippen LogP contribution is 2.42. The summed E-state index contributed by atoms with van der Waals surface area (Å²) in [5.41, 5.74) is 3.44. The molecule has 0 bridgehead atoms. The number of carbonyl (C=O) groups excluding carboxylic acids is 1. The first-order valence-electron chi connectivity index (χ1n) is 9.03. The van der Waals surface area contributed by atoms with Gasteiger partial charge in [-0.2, -0.15) is 0 Å². The van der Waals surface area contributed by atoms with Crippen molar-refractivity contribution in [2.75, 3.05) is 0 Å². The van der Waals surface area contributed by atoms with E-state index >= 15 is 0 Å². The number of hydrogen-bond acceptors (Lipinski definition) is 5. The third kappa shape index (κ3) is 2.57. The van der Waals surface area contributed by atoms with Gasteiger partial charge in [0.05, 0.1) is 11.4 Å². The van der Waals surface area contributed by atoms with Crippen LogP contribution in [0.4, 0.5) is 0 Å². The molecule has 0 saturated heterocycles. The van der Waals surface area contributed by atoms with E-state index in [0.717, 1.165) is 33.9 Å². The Morgan fingerprint density at radius 2 is 1.86 bits per heavy atom. The van der Waals surface area contributed by atoms with Crippen molar-refractivity contribution < 1.29 is 19.7 Å². The summed E-state index contributed by atoms with van der Waals surface area (Å²) in [4.78, 5) is 17.3. The number of para-hydroxylation sites is 1. The number of pyridine rings is 1. The van der Waals surface area contributed by atoms with Gasteiger partial charge in [0, 0.05) is 41.8 Å². The van der Waals surface area contributed by atoms with Gasteiger partial charge in [-0.1, -0.05) is 24.3 Å². The van der Waals surface area contributed by atoms with Crippen molar-refractivity contribution in [3.63, 3.8) is 0 Å². The van der Waals surface area contributed by atoms with E-state index in [9.17, 15) is 15.0 Å². The lowest BCUT2D eigenvalue weighted by molar-refractivity contribution is 0.101. The molecule has 2 N–H and O–H groups in total. The van der Waals surface area contributed by atoms with Crippen LogP contribution in [0.5, 0.6) is 17.2 Å². The zero-order valence-corrected chi connectivity index (χ0v) is 15.5. The number of hydrogen-bond donors (Lipinski definition) is 2. The highest BCUT2D eigenvalue weighted by atomic mass is 16.5. The molecule has 3 heterocycles. The minimum Gasteiger partial charge on any atom is -0.508 e. The Kier molecular flexibility index (Phi) is 3.67. The summed E-state index contributed by atoms with van der Waals surface area (Å²) in [6.45, 7) is 0. The third-order valence-electron chi connectivity index (χ3n) is 5.07. The number of fused-ring (bicyclic) bond motifs is 2. The molecule has 0 spiro atoms. The number of aromatic hydroxyl groups is 2. The number of benzene rings is 2. The predicted octanol–water partition coefficient (Wildman–Crippen LogP) is 4.27. The fourth-order valence-electron chi connectivity index (χ4n) is 3.79. The number of phenolic OH excluding ortho intramolecular Hbond substituents is 2. The number of allylic oxidation sites excluding steroid dienone is 1. The predicted molar refractivity (Wildman–Crippen MR) is 109 cm³/mol. The molecule has 0 amide bonds. The van der Waals surface area contributed by atoms with Crippen molar-refractivity contribution in [1.29, 1.82) is 0 Å². The highest BCUT2D eigenvalue weighted by molar-refractivity contribution is 6.17. The Morgan fingerprint density at radius 3 is 2.66 bits per heavy atom. The number of aryl methyl sites for hydroxylation is 1. The molecule has 0 aliphatic carbocycles. The lowest BCUT2D eigenvalue weighted by Crippen LogP contribution is -1.99. The standard InChI is InChI=1S/C23H16N2O4/c1-25-17-8-3-2-6-14(17)15(22(25)16-7-4-5-9-24-16)12-20-23(28)21-18(27)10-13(26)11-19(21)29-20/h2-12,26-27H,1H3. The molecule has 0 saturated carbocycles. The van der Waals surface area contributed by atoms with E-state index in [1.807, 2.05) is 54.1 Å². The maximum Gasteiger partial charge on any atom is 0.235 e. The number of phenols is 2. The monoisotopic (exact) mass is 384 g/mol. The van der Waals surface area contributed by atoms with Gasteiger partial charge in [-0.3, -0.25) is 9.78 Å². The first kappa shape index (κ1) is 17.1. The molecule has 2 aromatic carbocycles. The fraction of sp³-hybridized carbons (Fsp3) is 0.0435. The van der Waals surface area contributed by atoms with Crippen molar-refractivity contribution in [1.82, 2.24) is 9.55 Å². The molecule has 6 nitrogen and oxygen atoms in total. The van der Waals surface area contributed by atoms with Crippen molar-refractivity contribution in [2.24, 2.45) is 7.05 Å². The number of ketones is 1. The van der Waals surface area contributed by atoms with E-state index in [0.29, 0.717) is 0 Å². The molecular weight excluding hydrogens is 368 g/mol. The van der Waals surface area contributed by atoms with Crippen molar-refractivity contribution in [2.45, 2.75) is 0 Å². The number of ether oxygens (including phenoxy) is 1. The maximum absolute atomic E-state index is 12.9. The van der Waals surface area contributed by atoms with Crippen LogP contribution >= 0.6 is 0 Å². The Balaban J connectivity index is 1.74. The van der Waals surface area contributed by atoms with Crippen molar-refractivity contribution >= 4 is 22.8 Å².